The lowest BCUT2D eigenvalue weighted by Gasteiger charge is -2.09. The second-order valence-corrected chi connectivity index (χ2v) is 15.7. The number of hydrogen-bond donors (Lipinski definition) is 0. The van der Waals surface area contributed by atoms with E-state index in [0.29, 0.717) is 0 Å². The predicted octanol–water partition coefficient (Wildman–Crippen LogP) is 15.0. The summed E-state index contributed by atoms with van der Waals surface area (Å²) in [4.78, 5) is 9.44. The molecule has 0 unspecified atom stereocenters. The molecule has 0 fully saturated rings. The molecule has 0 aliphatic carbocycles. The molecule has 12 rings (SSSR count). The summed E-state index contributed by atoms with van der Waals surface area (Å²) < 4.78 is 15.0. The minimum atomic E-state index is 0.778. The van der Waals surface area contributed by atoms with Crippen LogP contribution in [0.3, 0.4) is 0 Å². The molecule has 12 aromatic rings. The average Bonchev–Trinajstić information content (AvgIpc) is 3.96. The normalized spacial score (nSPS) is 11.9. The summed E-state index contributed by atoms with van der Waals surface area (Å²) in [6.07, 6.45) is 3.59. The van der Waals surface area contributed by atoms with Gasteiger partial charge in [0.15, 0.2) is 11.2 Å². The standard InChI is InChI=1S/C52H30N2O2S/c1-2-13-50-41(12-1)43-28-38(16-21-51(43)57-50)35-10-5-11-39(26-35)45-17-20-48-52(54-45)44-29-37(15-19-47(44)55-48)34-9-4-7-32(25-34)31-6-3-8-33(24-31)36-14-18-46-42(27-36)40-22-23-53-30-49(40)56-46/h1-30H. The van der Waals surface area contributed by atoms with Gasteiger partial charge in [-0.2, -0.15) is 0 Å². The van der Waals surface area contributed by atoms with E-state index in [0.717, 1.165) is 88.6 Å². The van der Waals surface area contributed by atoms with Crippen molar-refractivity contribution < 1.29 is 8.83 Å². The summed E-state index contributed by atoms with van der Waals surface area (Å²) in [6, 6.07) is 60.5. The third-order valence-electron chi connectivity index (χ3n) is 11.2. The second-order valence-electron chi connectivity index (χ2n) is 14.6. The number of rotatable bonds is 5. The van der Waals surface area contributed by atoms with Crippen LogP contribution in [0, 0.1) is 0 Å². The Bertz CT molecular complexity index is 3550. The minimum absolute atomic E-state index is 0.778. The monoisotopic (exact) mass is 746 g/mol. The van der Waals surface area contributed by atoms with Gasteiger partial charge in [-0.05, 0) is 123 Å². The van der Waals surface area contributed by atoms with Crippen LogP contribution >= 0.6 is 11.3 Å². The van der Waals surface area contributed by atoms with Crippen LogP contribution in [0.1, 0.15) is 0 Å². The van der Waals surface area contributed by atoms with Gasteiger partial charge in [0.2, 0.25) is 0 Å². The van der Waals surface area contributed by atoms with Crippen LogP contribution < -0.4 is 0 Å². The number of pyridine rings is 2. The van der Waals surface area contributed by atoms with E-state index in [-0.39, 0.29) is 0 Å². The fourth-order valence-electron chi connectivity index (χ4n) is 8.32. The molecular formula is C52H30N2O2S. The fraction of sp³-hybridized carbons (Fsp3) is 0. The molecule has 0 saturated heterocycles. The number of fused-ring (bicyclic) bond motifs is 9. The van der Waals surface area contributed by atoms with E-state index in [1.807, 2.05) is 29.7 Å². The largest absolute Gasteiger partial charge is 0.454 e. The molecule has 0 N–H and O–H groups in total. The van der Waals surface area contributed by atoms with Crippen molar-refractivity contribution >= 4 is 75.5 Å². The zero-order valence-electron chi connectivity index (χ0n) is 30.4. The summed E-state index contributed by atoms with van der Waals surface area (Å²) >= 11 is 1.84. The molecule has 0 amide bonds. The Labute approximate surface area is 330 Å². The first kappa shape index (κ1) is 32.0. The first-order chi connectivity index (χ1) is 28.2. The maximum atomic E-state index is 6.32. The lowest BCUT2D eigenvalue weighted by atomic mass is 9.95. The van der Waals surface area contributed by atoms with Crippen molar-refractivity contribution in [2.24, 2.45) is 0 Å². The molecule has 0 radical (unpaired) electrons. The molecule has 266 valence electrons. The van der Waals surface area contributed by atoms with E-state index >= 15 is 0 Å². The lowest BCUT2D eigenvalue weighted by molar-refractivity contribution is 0.667. The molecule has 0 bridgehead atoms. The highest BCUT2D eigenvalue weighted by Crippen LogP contribution is 2.39. The van der Waals surface area contributed by atoms with E-state index < -0.39 is 0 Å². The minimum Gasteiger partial charge on any atom is -0.454 e. The van der Waals surface area contributed by atoms with E-state index in [1.165, 1.54) is 31.3 Å². The van der Waals surface area contributed by atoms with Gasteiger partial charge < -0.3 is 8.83 Å². The summed E-state index contributed by atoms with van der Waals surface area (Å²) in [5, 5.41) is 5.78. The first-order valence-electron chi connectivity index (χ1n) is 19.0. The Morgan fingerprint density at radius 1 is 0.351 bits per heavy atom. The lowest BCUT2D eigenvalue weighted by Crippen LogP contribution is -1.86. The highest BCUT2D eigenvalue weighted by atomic mass is 32.1. The van der Waals surface area contributed by atoms with Crippen LogP contribution in [0.5, 0.6) is 0 Å². The molecule has 0 atom stereocenters. The number of benzene rings is 7. The summed E-state index contributed by atoms with van der Waals surface area (Å²) in [5.41, 5.74) is 15.3. The smallest absolute Gasteiger partial charge is 0.153 e. The van der Waals surface area contributed by atoms with Gasteiger partial charge >= 0.3 is 0 Å². The Hall–Kier alpha value is -7.34. The van der Waals surface area contributed by atoms with Gasteiger partial charge in [0, 0.05) is 48.1 Å². The molecule has 5 heteroatoms. The van der Waals surface area contributed by atoms with Gasteiger partial charge in [-0.25, -0.2) is 4.98 Å². The number of nitrogens with zero attached hydrogens (tertiary/aromatic N) is 2. The molecule has 5 aromatic heterocycles. The van der Waals surface area contributed by atoms with Crippen molar-refractivity contribution in [2.45, 2.75) is 0 Å². The van der Waals surface area contributed by atoms with Gasteiger partial charge in [-0.1, -0.05) is 91.0 Å². The van der Waals surface area contributed by atoms with Gasteiger partial charge in [0.05, 0.1) is 11.9 Å². The quantitative estimate of drug-likeness (QED) is 0.176. The van der Waals surface area contributed by atoms with Crippen molar-refractivity contribution in [1.82, 2.24) is 9.97 Å². The van der Waals surface area contributed by atoms with Crippen LogP contribution in [0.25, 0.3) is 120 Å². The zero-order chi connectivity index (χ0) is 37.5. The van der Waals surface area contributed by atoms with Gasteiger partial charge in [0.1, 0.15) is 16.7 Å². The summed E-state index contributed by atoms with van der Waals surface area (Å²) in [7, 11) is 0. The van der Waals surface area contributed by atoms with E-state index in [9.17, 15) is 0 Å². The summed E-state index contributed by atoms with van der Waals surface area (Å²) in [5.74, 6) is 0. The molecule has 0 aliphatic heterocycles. The van der Waals surface area contributed by atoms with Crippen LogP contribution in [0.4, 0.5) is 0 Å². The van der Waals surface area contributed by atoms with Crippen molar-refractivity contribution in [3.05, 3.63) is 182 Å². The maximum Gasteiger partial charge on any atom is 0.153 e. The van der Waals surface area contributed by atoms with Crippen LogP contribution in [-0.4, -0.2) is 9.97 Å². The van der Waals surface area contributed by atoms with Crippen molar-refractivity contribution in [2.75, 3.05) is 0 Å². The molecule has 57 heavy (non-hydrogen) atoms. The molecule has 4 nitrogen and oxygen atoms in total. The van der Waals surface area contributed by atoms with E-state index in [1.54, 1.807) is 6.20 Å². The number of hydrogen-bond acceptors (Lipinski definition) is 5. The van der Waals surface area contributed by atoms with E-state index in [4.69, 9.17) is 13.8 Å². The number of aromatic nitrogens is 2. The highest BCUT2D eigenvalue weighted by Gasteiger charge is 2.14. The van der Waals surface area contributed by atoms with Gasteiger partial charge in [-0.15, -0.1) is 11.3 Å². The average molecular weight is 747 g/mol. The molecule has 7 aromatic carbocycles. The molecule has 0 aliphatic rings. The molecule has 0 spiro atoms. The van der Waals surface area contributed by atoms with E-state index in [2.05, 4.69) is 163 Å². The van der Waals surface area contributed by atoms with Crippen molar-refractivity contribution in [3.63, 3.8) is 0 Å². The number of furan rings is 2. The molecular weight excluding hydrogens is 717 g/mol. The fourth-order valence-corrected chi connectivity index (χ4v) is 9.40. The third-order valence-corrected chi connectivity index (χ3v) is 12.3. The Morgan fingerprint density at radius 3 is 1.63 bits per heavy atom. The van der Waals surface area contributed by atoms with Crippen LogP contribution in [0.15, 0.2) is 191 Å². The Balaban J connectivity index is 0.881. The molecule has 5 heterocycles. The summed E-state index contributed by atoms with van der Waals surface area (Å²) in [6.45, 7) is 0. The Morgan fingerprint density at radius 2 is 0.895 bits per heavy atom. The van der Waals surface area contributed by atoms with Crippen molar-refractivity contribution in [3.8, 4) is 55.8 Å². The number of thiophene rings is 1. The van der Waals surface area contributed by atoms with Crippen molar-refractivity contribution in [1.29, 1.82) is 0 Å². The van der Waals surface area contributed by atoms with Gasteiger partial charge in [-0.3, -0.25) is 4.98 Å². The van der Waals surface area contributed by atoms with Crippen LogP contribution in [0.2, 0.25) is 0 Å². The third kappa shape index (κ3) is 5.35. The molecule has 0 saturated carbocycles. The highest BCUT2D eigenvalue weighted by molar-refractivity contribution is 7.25. The maximum absolute atomic E-state index is 6.32. The second kappa shape index (κ2) is 12.6. The van der Waals surface area contributed by atoms with Crippen LogP contribution in [-0.2, 0) is 0 Å². The Kier molecular flexibility index (Phi) is 7.06. The topological polar surface area (TPSA) is 52.1 Å². The zero-order valence-corrected chi connectivity index (χ0v) is 31.3. The SMILES string of the molecule is c1cc(-c2cccc(-c3ccc4oc5ccc(-c6cccc(-c7ccc8sc9ccccc9c8c7)c6)nc5c4c3)c2)cc(-c2ccc3oc4cnccc4c3c2)c1. The first-order valence-corrected chi connectivity index (χ1v) is 19.8. The predicted molar refractivity (Wildman–Crippen MR) is 237 cm³/mol. The van der Waals surface area contributed by atoms with Gasteiger partial charge in [0.25, 0.3) is 0 Å².